The Labute approximate surface area is 134 Å². The van der Waals surface area contributed by atoms with E-state index in [4.69, 9.17) is 23.2 Å². The molecular weight excluding hydrogens is 331 g/mol. The molecule has 0 saturated carbocycles. The van der Waals surface area contributed by atoms with Crippen LogP contribution in [-0.2, 0) is 10.0 Å². The fraction of sp³-hybridized carbons (Fsp3) is 0.214. The van der Waals surface area contributed by atoms with Crippen LogP contribution in [0.4, 0.5) is 5.69 Å². The Bertz CT molecular complexity index is 763. The van der Waals surface area contributed by atoms with Gasteiger partial charge in [0.2, 0.25) is 0 Å². The highest BCUT2D eigenvalue weighted by molar-refractivity contribution is 7.93. The van der Waals surface area contributed by atoms with Crippen molar-refractivity contribution in [3.05, 3.63) is 52.3 Å². The summed E-state index contributed by atoms with van der Waals surface area (Å²) in [6.45, 7) is 3.84. The van der Waals surface area contributed by atoms with Crippen LogP contribution in [0.15, 0.2) is 41.6 Å². The van der Waals surface area contributed by atoms with Gasteiger partial charge in [-0.1, -0.05) is 23.2 Å². The summed E-state index contributed by atoms with van der Waals surface area (Å²) < 4.78 is 27.0. The van der Waals surface area contributed by atoms with Crippen molar-refractivity contribution in [1.82, 2.24) is 4.98 Å². The van der Waals surface area contributed by atoms with E-state index in [-0.39, 0.29) is 16.5 Å². The third-order valence-corrected chi connectivity index (χ3v) is 5.63. The average molecular weight is 345 g/mol. The Hall–Kier alpha value is -1.30. The first-order valence-electron chi connectivity index (χ1n) is 6.26. The van der Waals surface area contributed by atoms with Crippen molar-refractivity contribution in [1.29, 1.82) is 0 Å². The normalized spacial score (nSPS) is 11.4. The van der Waals surface area contributed by atoms with Gasteiger partial charge in [-0.2, -0.15) is 0 Å². The summed E-state index contributed by atoms with van der Waals surface area (Å²) >= 11 is 11.9. The third kappa shape index (κ3) is 3.15. The fourth-order valence-corrected chi connectivity index (χ4v) is 4.24. The zero-order valence-corrected chi connectivity index (χ0v) is 13.9. The van der Waals surface area contributed by atoms with Crippen LogP contribution in [0.3, 0.4) is 0 Å². The Morgan fingerprint density at radius 1 is 1.24 bits per heavy atom. The number of pyridine rings is 1. The van der Waals surface area contributed by atoms with E-state index in [2.05, 4.69) is 4.98 Å². The summed E-state index contributed by atoms with van der Waals surface area (Å²) in [5.41, 5.74) is 1.34. The summed E-state index contributed by atoms with van der Waals surface area (Å²) in [4.78, 5) is 3.98. The molecule has 0 N–H and O–H groups in total. The first-order valence-corrected chi connectivity index (χ1v) is 8.46. The van der Waals surface area contributed by atoms with Gasteiger partial charge in [0.25, 0.3) is 10.0 Å². The fourth-order valence-electron chi connectivity index (χ4n) is 1.98. The van der Waals surface area contributed by atoms with Gasteiger partial charge in [-0.3, -0.25) is 9.29 Å². The molecule has 0 bridgehead atoms. The minimum atomic E-state index is -3.80. The number of hydrogen-bond donors (Lipinski definition) is 0. The quantitative estimate of drug-likeness (QED) is 0.844. The van der Waals surface area contributed by atoms with Gasteiger partial charge in [-0.05, 0) is 43.7 Å². The number of sulfonamides is 1. The summed E-state index contributed by atoms with van der Waals surface area (Å²) in [6.07, 6.45) is 3.14. The van der Waals surface area contributed by atoms with Gasteiger partial charge in [0, 0.05) is 17.8 Å². The minimum Gasteiger partial charge on any atom is -0.265 e. The molecule has 1 aromatic carbocycles. The van der Waals surface area contributed by atoms with E-state index in [1.807, 2.05) is 6.92 Å². The molecular formula is C14H14Cl2N2O2S. The molecule has 21 heavy (non-hydrogen) atoms. The van der Waals surface area contributed by atoms with E-state index >= 15 is 0 Å². The van der Waals surface area contributed by atoms with Gasteiger partial charge in [0.15, 0.2) is 0 Å². The minimum absolute atomic E-state index is 0.0123. The van der Waals surface area contributed by atoms with E-state index in [0.717, 1.165) is 5.56 Å². The molecule has 4 nitrogen and oxygen atoms in total. The van der Waals surface area contributed by atoms with Gasteiger partial charge in [-0.25, -0.2) is 8.42 Å². The van der Waals surface area contributed by atoms with Crippen LogP contribution in [0.2, 0.25) is 10.0 Å². The number of halogens is 2. The summed E-state index contributed by atoms with van der Waals surface area (Å²) in [6, 6.07) is 6.13. The second kappa shape index (κ2) is 6.22. The maximum Gasteiger partial charge on any atom is 0.265 e. The van der Waals surface area contributed by atoms with Gasteiger partial charge >= 0.3 is 0 Å². The standard InChI is InChI=1S/C14H14Cl2N2O2S/c1-3-18(13-9-17-7-6-10(13)2)21(19,20)14-8-11(15)4-5-12(14)16/h4-9H,3H2,1-2H3. The Kier molecular flexibility index (Phi) is 4.76. The molecule has 112 valence electrons. The van der Waals surface area contributed by atoms with Crippen LogP contribution in [0, 0.1) is 6.92 Å². The van der Waals surface area contributed by atoms with Gasteiger partial charge in [0.05, 0.1) is 16.9 Å². The molecule has 0 saturated heterocycles. The molecule has 1 aromatic heterocycles. The highest BCUT2D eigenvalue weighted by atomic mass is 35.5. The topological polar surface area (TPSA) is 50.3 Å². The van der Waals surface area contributed by atoms with Gasteiger partial charge in [-0.15, -0.1) is 0 Å². The molecule has 0 aliphatic rings. The lowest BCUT2D eigenvalue weighted by atomic mass is 10.2. The number of nitrogens with zero attached hydrogens (tertiary/aromatic N) is 2. The molecule has 0 radical (unpaired) electrons. The van der Waals surface area contributed by atoms with E-state index in [0.29, 0.717) is 10.7 Å². The molecule has 0 fully saturated rings. The zero-order chi connectivity index (χ0) is 15.6. The number of aryl methyl sites for hydroxylation is 1. The second-order valence-corrected chi connectivity index (χ2v) is 7.08. The molecule has 2 aromatic rings. The first kappa shape index (κ1) is 16.1. The second-order valence-electron chi connectivity index (χ2n) is 4.41. The van der Waals surface area contributed by atoms with E-state index in [1.165, 1.54) is 22.6 Å². The first-order chi connectivity index (χ1) is 9.87. The van der Waals surface area contributed by atoms with E-state index in [1.54, 1.807) is 25.3 Å². The van der Waals surface area contributed by atoms with Crippen molar-refractivity contribution in [3.8, 4) is 0 Å². The Morgan fingerprint density at radius 3 is 2.57 bits per heavy atom. The van der Waals surface area contributed by atoms with Crippen LogP contribution in [0.1, 0.15) is 12.5 Å². The summed E-state index contributed by atoms with van der Waals surface area (Å²) in [7, 11) is -3.80. The number of benzene rings is 1. The predicted molar refractivity (Wildman–Crippen MR) is 85.6 cm³/mol. The monoisotopic (exact) mass is 344 g/mol. The Morgan fingerprint density at radius 2 is 1.95 bits per heavy atom. The van der Waals surface area contributed by atoms with E-state index in [9.17, 15) is 8.42 Å². The lowest BCUT2D eigenvalue weighted by Gasteiger charge is -2.24. The third-order valence-electron chi connectivity index (χ3n) is 3.03. The molecule has 0 unspecified atom stereocenters. The summed E-state index contributed by atoms with van der Waals surface area (Å²) in [5, 5.41) is 0.455. The van der Waals surface area contributed by atoms with Crippen molar-refractivity contribution in [2.24, 2.45) is 0 Å². The number of aromatic nitrogens is 1. The molecule has 0 amide bonds. The lowest BCUT2D eigenvalue weighted by molar-refractivity contribution is 0.591. The van der Waals surface area contributed by atoms with Crippen LogP contribution in [0.5, 0.6) is 0 Å². The average Bonchev–Trinajstić information content (AvgIpc) is 2.44. The van der Waals surface area contributed by atoms with Crippen LogP contribution in [-0.4, -0.2) is 19.9 Å². The molecule has 0 aliphatic carbocycles. The largest absolute Gasteiger partial charge is 0.265 e. The molecule has 2 rings (SSSR count). The van der Waals surface area contributed by atoms with Crippen molar-refractivity contribution in [3.63, 3.8) is 0 Å². The van der Waals surface area contributed by atoms with Crippen LogP contribution in [0.25, 0.3) is 0 Å². The Balaban J connectivity index is 2.61. The molecule has 0 aliphatic heterocycles. The number of anilines is 1. The van der Waals surface area contributed by atoms with Crippen molar-refractivity contribution < 1.29 is 8.42 Å². The smallest absolute Gasteiger partial charge is 0.265 e. The molecule has 7 heteroatoms. The molecule has 0 atom stereocenters. The lowest BCUT2D eigenvalue weighted by Crippen LogP contribution is -2.31. The van der Waals surface area contributed by atoms with E-state index < -0.39 is 10.0 Å². The van der Waals surface area contributed by atoms with Crippen molar-refractivity contribution in [2.75, 3.05) is 10.8 Å². The maximum absolute atomic E-state index is 12.8. The van der Waals surface area contributed by atoms with Crippen LogP contribution >= 0.6 is 23.2 Å². The summed E-state index contributed by atoms with van der Waals surface area (Å²) in [5.74, 6) is 0. The molecule has 1 heterocycles. The molecule has 0 spiro atoms. The van der Waals surface area contributed by atoms with Gasteiger partial charge < -0.3 is 0 Å². The number of hydrogen-bond acceptors (Lipinski definition) is 3. The van der Waals surface area contributed by atoms with Crippen molar-refractivity contribution >= 4 is 38.9 Å². The van der Waals surface area contributed by atoms with Crippen molar-refractivity contribution in [2.45, 2.75) is 18.7 Å². The highest BCUT2D eigenvalue weighted by Gasteiger charge is 2.27. The SMILES string of the molecule is CCN(c1cnccc1C)S(=O)(=O)c1cc(Cl)ccc1Cl. The highest BCUT2D eigenvalue weighted by Crippen LogP contribution is 2.31. The van der Waals surface area contributed by atoms with Gasteiger partial charge in [0.1, 0.15) is 4.90 Å². The maximum atomic E-state index is 12.8. The van der Waals surface area contributed by atoms with Crippen LogP contribution < -0.4 is 4.31 Å². The predicted octanol–water partition coefficient (Wildman–Crippen LogP) is 3.91. The number of rotatable bonds is 4. The zero-order valence-electron chi connectivity index (χ0n) is 11.5.